The Hall–Kier alpha value is -1.24. The minimum absolute atomic E-state index is 0.556. The molecule has 0 bridgehead atoms. The fraction of sp³-hybridized carbons (Fsp3) is 0.529. The lowest BCUT2D eigenvalue weighted by Crippen LogP contribution is -2.00. The molecule has 0 heterocycles. The third kappa shape index (κ3) is 4.95. The average Bonchev–Trinajstić information content (AvgIpc) is 2.35. The highest BCUT2D eigenvalue weighted by Gasteiger charge is 2.04. The number of allylic oxidation sites excluding steroid dienone is 1. The maximum Gasteiger partial charge on any atom is 0.122 e. The maximum atomic E-state index is 5.88. The van der Waals surface area contributed by atoms with E-state index in [4.69, 9.17) is 4.74 Å². The van der Waals surface area contributed by atoms with Crippen LogP contribution in [0.15, 0.2) is 30.9 Å². The molecule has 1 aromatic carbocycles. The van der Waals surface area contributed by atoms with Gasteiger partial charge in [-0.2, -0.15) is 0 Å². The summed E-state index contributed by atoms with van der Waals surface area (Å²) in [7, 11) is 0. The van der Waals surface area contributed by atoms with Crippen molar-refractivity contribution in [3.05, 3.63) is 42.0 Å². The van der Waals surface area contributed by atoms with Crippen molar-refractivity contribution in [2.45, 2.75) is 52.4 Å². The Labute approximate surface area is 112 Å². The molecule has 18 heavy (non-hydrogen) atoms. The zero-order valence-corrected chi connectivity index (χ0v) is 12.0. The van der Waals surface area contributed by atoms with Gasteiger partial charge in [-0.3, -0.25) is 0 Å². The molecule has 100 valence electrons. The van der Waals surface area contributed by atoms with Crippen LogP contribution in [0.25, 0.3) is 0 Å². The number of aryl methyl sites for hydroxylation is 1. The Bertz CT molecular complexity index is 366. The molecule has 0 saturated heterocycles. The van der Waals surface area contributed by atoms with Gasteiger partial charge in [-0.05, 0) is 55.7 Å². The van der Waals surface area contributed by atoms with Gasteiger partial charge in [0.15, 0.2) is 0 Å². The fourth-order valence-electron chi connectivity index (χ4n) is 1.88. The van der Waals surface area contributed by atoms with Crippen molar-refractivity contribution in [2.75, 3.05) is 6.61 Å². The number of benzene rings is 1. The Morgan fingerprint density at radius 1 is 1.22 bits per heavy atom. The third-order valence-corrected chi connectivity index (χ3v) is 3.19. The van der Waals surface area contributed by atoms with Crippen molar-refractivity contribution < 1.29 is 4.74 Å². The molecule has 1 aromatic rings. The van der Waals surface area contributed by atoms with Gasteiger partial charge in [-0.15, -0.1) is 6.58 Å². The highest BCUT2D eigenvalue weighted by Crippen LogP contribution is 2.24. The van der Waals surface area contributed by atoms with E-state index < -0.39 is 0 Å². The minimum atomic E-state index is 0.556. The molecule has 0 atom stereocenters. The highest BCUT2D eigenvalue weighted by atomic mass is 16.5. The first-order valence-corrected chi connectivity index (χ1v) is 6.99. The van der Waals surface area contributed by atoms with Crippen LogP contribution in [0.3, 0.4) is 0 Å². The zero-order chi connectivity index (χ0) is 13.4. The lowest BCUT2D eigenvalue weighted by atomic mass is 10.0. The van der Waals surface area contributed by atoms with Crippen LogP contribution in [0.2, 0.25) is 0 Å². The van der Waals surface area contributed by atoms with Gasteiger partial charge in [0.05, 0.1) is 6.61 Å². The molecule has 1 heteroatoms. The van der Waals surface area contributed by atoms with Crippen molar-refractivity contribution in [1.29, 1.82) is 0 Å². The van der Waals surface area contributed by atoms with E-state index in [-0.39, 0.29) is 0 Å². The predicted octanol–water partition coefficient (Wildman–Crippen LogP) is 5.24. The maximum absolute atomic E-state index is 5.88. The Kier molecular flexibility index (Phi) is 6.56. The van der Waals surface area contributed by atoms with E-state index in [0.717, 1.165) is 25.2 Å². The summed E-state index contributed by atoms with van der Waals surface area (Å²) in [5.74, 6) is 1.60. The lowest BCUT2D eigenvalue weighted by Gasteiger charge is -2.12. The second kappa shape index (κ2) is 7.97. The van der Waals surface area contributed by atoms with E-state index in [9.17, 15) is 0 Å². The van der Waals surface area contributed by atoms with Gasteiger partial charge in [0.2, 0.25) is 0 Å². The van der Waals surface area contributed by atoms with Crippen LogP contribution in [0, 0.1) is 6.92 Å². The summed E-state index contributed by atoms with van der Waals surface area (Å²) in [4.78, 5) is 0. The van der Waals surface area contributed by atoms with Crippen molar-refractivity contribution in [2.24, 2.45) is 0 Å². The number of rotatable bonds is 8. The number of hydrogen-bond donors (Lipinski definition) is 0. The van der Waals surface area contributed by atoms with Crippen LogP contribution in [-0.4, -0.2) is 6.61 Å². The summed E-state index contributed by atoms with van der Waals surface area (Å²) in [6, 6.07) is 6.53. The summed E-state index contributed by atoms with van der Waals surface area (Å²) in [5, 5.41) is 0. The summed E-state index contributed by atoms with van der Waals surface area (Å²) in [5.41, 5.74) is 2.58. The molecule has 0 aliphatic carbocycles. The van der Waals surface area contributed by atoms with Crippen molar-refractivity contribution in [3.8, 4) is 5.75 Å². The number of hydrogen-bond acceptors (Lipinski definition) is 1. The number of unbranched alkanes of at least 4 members (excludes halogenated alkanes) is 3. The van der Waals surface area contributed by atoms with Crippen molar-refractivity contribution >= 4 is 0 Å². The first kappa shape index (κ1) is 14.8. The van der Waals surface area contributed by atoms with E-state index in [0.29, 0.717) is 5.92 Å². The van der Waals surface area contributed by atoms with Crippen LogP contribution in [0.5, 0.6) is 5.75 Å². The van der Waals surface area contributed by atoms with E-state index in [1.54, 1.807) is 0 Å². The SMILES string of the molecule is C=CCCCCCOc1cc(C(C)C)ccc1C. The smallest absolute Gasteiger partial charge is 0.122 e. The second-order valence-electron chi connectivity index (χ2n) is 5.17. The molecule has 1 rings (SSSR count). The van der Waals surface area contributed by atoms with Crippen LogP contribution in [0.4, 0.5) is 0 Å². The molecule has 0 N–H and O–H groups in total. The van der Waals surface area contributed by atoms with E-state index in [1.807, 2.05) is 6.08 Å². The Balaban J connectivity index is 2.41. The standard InChI is InChI=1S/C17H26O/c1-5-6-7-8-9-12-18-17-13-16(14(2)3)11-10-15(17)4/h5,10-11,13-14H,1,6-9,12H2,2-4H3. The van der Waals surface area contributed by atoms with Gasteiger partial charge in [0.25, 0.3) is 0 Å². The molecular formula is C17H26O. The second-order valence-corrected chi connectivity index (χ2v) is 5.17. The van der Waals surface area contributed by atoms with Crippen LogP contribution in [0.1, 0.15) is 56.6 Å². The van der Waals surface area contributed by atoms with Gasteiger partial charge in [-0.1, -0.05) is 32.1 Å². The van der Waals surface area contributed by atoms with Crippen LogP contribution < -0.4 is 4.74 Å². The van der Waals surface area contributed by atoms with Crippen LogP contribution in [-0.2, 0) is 0 Å². The zero-order valence-electron chi connectivity index (χ0n) is 12.0. The molecule has 0 amide bonds. The molecule has 0 saturated carbocycles. The quantitative estimate of drug-likeness (QED) is 0.450. The summed E-state index contributed by atoms with van der Waals surface area (Å²) in [6.45, 7) is 11.1. The predicted molar refractivity (Wildman–Crippen MR) is 79.4 cm³/mol. The Morgan fingerprint density at radius 2 is 2.00 bits per heavy atom. The molecular weight excluding hydrogens is 220 g/mol. The van der Waals surface area contributed by atoms with Gasteiger partial charge in [0.1, 0.15) is 5.75 Å². The minimum Gasteiger partial charge on any atom is -0.493 e. The van der Waals surface area contributed by atoms with Crippen LogP contribution >= 0.6 is 0 Å². The molecule has 0 spiro atoms. The first-order chi connectivity index (χ1) is 8.65. The highest BCUT2D eigenvalue weighted by molar-refractivity contribution is 5.37. The van der Waals surface area contributed by atoms with Crippen molar-refractivity contribution in [3.63, 3.8) is 0 Å². The molecule has 0 aromatic heterocycles. The summed E-state index contributed by atoms with van der Waals surface area (Å²) in [6.07, 6.45) is 6.66. The van der Waals surface area contributed by atoms with Gasteiger partial charge in [-0.25, -0.2) is 0 Å². The van der Waals surface area contributed by atoms with E-state index in [1.165, 1.54) is 24.0 Å². The van der Waals surface area contributed by atoms with E-state index >= 15 is 0 Å². The third-order valence-electron chi connectivity index (χ3n) is 3.19. The molecule has 0 aliphatic heterocycles. The normalized spacial score (nSPS) is 10.7. The largest absolute Gasteiger partial charge is 0.493 e. The number of ether oxygens (including phenoxy) is 1. The lowest BCUT2D eigenvalue weighted by molar-refractivity contribution is 0.303. The first-order valence-electron chi connectivity index (χ1n) is 6.99. The topological polar surface area (TPSA) is 9.23 Å². The molecule has 0 unspecified atom stereocenters. The average molecular weight is 246 g/mol. The Morgan fingerprint density at radius 3 is 2.67 bits per heavy atom. The molecule has 0 fully saturated rings. The fourth-order valence-corrected chi connectivity index (χ4v) is 1.88. The van der Waals surface area contributed by atoms with Crippen molar-refractivity contribution in [1.82, 2.24) is 0 Å². The van der Waals surface area contributed by atoms with Gasteiger partial charge in [0, 0.05) is 0 Å². The summed E-state index contributed by atoms with van der Waals surface area (Å²) < 4.78 is 5.88. The van der Waals surface area contributed by atoms with Gasteiger partial charge >= 0.3 is 0 Å². The van der Waals surface area contributed by atoms with Gasteiger partial charge < -0.3 is 4.74 Å². The summed E-state index contributed by atoms with van der Waals surface area (Å²) >= 11 is 0. The molecule has 0 radical (unpaired) electrons. The van der Waals surface area contributed by atoms with E-state index in [2.05, 4.69) is 45.5 Å². The molecule has 1 nitrogen and oxygen atoms in total. The monoisotopic (exact) mass is 246 g/mol. The molecule has 0 aliphatic rings.